The summed E-state index contributed by atoms with van der Waals surface area (Å²) in [4.78, 5) is 38.9. The Kier molecular flexibility index (Phi) is 5.07. The van der Waals surface area contributed by atoms with E-state index < -0.39 is 0 Å². The van der Waals surface area contributed by atoms with Crippen molar-refractivity contribution in [3.05, 3.63) is 35.8 Å². The minimum Gasteiger partial charge on any atom is -0.367 e. The first-order chi connectivity index (χ1) is 13.5. The molecule has 1 saturated heterocycles. The van der Waals surface area contributed by atoms with Crippen LogP contribution in [0, 0.1) is 13.8 Å². The third kappa shape index (κ3) is 3.61. The number of carbonyl (C=O) groups is 2. The van der Waals surface area contributed by atoms with Crippen molar-refractivity contribution < 1.29 is 9.59 Å². The molecule has 0 unspecified atom stereocenters. The van der Waals surface area contributed by atoms with Crippen molar-refractivity contribution in [2.24, 2.45) is 0 Å². The second-order valence-corrected chi connectivity index (χ2v) is 7.65. The summed E-state index contributed by atoms with van der Waals surface area (Å²) >= 11 is 0. The SMILES string of the molecule is Cc1nc(-c2ccncc2)nc(NC2CCC(N3C(=O)CCC3=O)CC2)c1C. The zero-order valence-electron chi connectivity index (χ0n) is 16.3. The lowest BCUT2D eigenvalue weighted by Crippen LogP contribution is -2.43. The summed E-state index contributed by atoms with van der Waals surface area (Å²) in [6, 6.07) is 4.15. The molecule has 1 N–H and O–H groups in total. The van der Waals surface area contributed by atoms with Gasteiger partial charge < -0.3 is 5.32 Å². The number of hydrogen-bond acceptors (Lipinski definition) is 6. The van der Waals surface area contributed by atoms with Gasteiger partial charge in [-0.3, -0.25) is 19.5 Å². The van der Waals surface area contributed by atoms with Gasteiger partial charge in [-0.25, -0.2) is 9.97 Å². The number of aromatic nitrogens is 3. The molecule has 0 radical (unpaired) electrons. The smallest absolute Gasteiger partial charge is 0.229 e. The van der Waals surface area contributed by atoms with Gasteiger partial charge in [0.1, 0.15) is 5.82 Å². The Morgan fingerprint density at radius 3 is 2.25 bits per heavy atom. The van der Waals surface area contributed by atoms with Crippen molar-refractivity contribution in [2.45, 2.75) is 64.5 Å². The van der Waals surface area contributed by atoms with E-state index in [-0.39, 0.29) is 23.9 Å². The first kappa shape index (κ1) is 18.5. The number of hydrogen-bond donors (Lipinski definition) is 1. The van der Waals surface area contributed by atoms with Crippen LogP contribution in [0.15, 0.2) is 24.5 Å². The summed E-state index contributed by atoms with van der Waals surface area (Å²) in [5.41, 5.74) is 2.94. The van der Waals surface area contributed by atoms with E-state index in [2.05, 4.69) is 15.3 Å². The predicted octanol–water partition coefficient (Wildman–Crippen LogP) is 3.03. The van der Waals surface area contributed by atoms with E-state index in [1.54, 1.807) is 12.4 Å². The third-order valence-electron chi connectivity index (χ3n) is 5.82. The molecule has 3 heterocycles. The summed E-state index contributed by atoms with van der Waals surface area (Å²) in [6.07, 6.45) is 7.73. The fourth-order valence-corrected chi connectivity index (χ4v) is 4.07. The topological polar surface area (TPSA) is 88.1 Å². The van der Waals surface area contributed by atoms with Gasteiger partial charge in [-0.2, -0.15) is 0 Å². The van der Waals surface area contributed by atoms with Crippen molar-refractivity contribution in [3.63, 3.8) is 0 Å². The van der Waals surface area contributed by atoms with Crippen LogP contribution in [-0.2, 0) is 9.59 Å². The molecule has 7 nitrogen and oxygen atoms in total. The Hall–Kier alpha value is -2.83. The standard InChI is InChI=1S/C21H25N5O2/c1-13-14(2)23-21(15-9-11-22-12-10-15)25-20(13)24-16-3-5-17(6-4-16)26-18(27)7-8-19(26)28/h9-12,16-17H,3-8H2,1-2H3,(H,23,24,25). The lowest BCUT2D eigenvalue weighted by atomic mass is 9.90. The zero-order valence-corrected chi connectivity index (χ0v) is 16.3. The summed E-state index contributed by atoms with van der Waals surface area (Å²) in [6.45, 7) is 4.02. The van der Waals surface area contributed by atoms with Gasteiger partial charge in [0, 0.05) is 54.1 Å². The lowest BCUT2D eigenvalue weighted by Gasteiger charge is -2.34. The maximum Gasteiger partial charge on any atom is 0.229 e. The number of aryl methyl sites for hydroxylation is 1. The van der Waals surface area contributed by atoms with Crippen LogP contribution >= 0.6 is 0 Å². The fourth-order valence-electron chi connectivity index (χ4n) is 4.07. The molecule has 0 spiro atoms. The van der Waals surface area contributed by atoms with Gasteiger partial charge in [-0.1, -0.05) is 0 Å². The Morgan fingerprint density at radius 1 is 0.964 bits per heavy atom. The minimum atomic E-state index is -0.00864. The number of nitrogens with one attached hydrogen (secondary N) is 1. The van der Waals surface area contributed by atoms with Gasteiger partial charge >= 0.3 is 0 Å². The van der Waals surface area contributed by atoms with Crippen LogP contribution in [0.2, 0.25) is 0 Å². The average molecular weight is 379 g/mol. The molecule has 2 aliphatic rings. The van der Waals surface area contributed by atoms with E-state index in [9.17, 15) is 9.59 Å². The fraction of sp³-hybridized carbons (Fsp3) is 0.476. The van der Waals surface area contributed by atoms with Gasteiger partial charge in [0.2, 0.25) is 11.8 Å². The van der Waals surface area contributed by atoms with Gasteiger partial charge in [-0.15, -0.1) is 0 Å². The maximum absolute atomic E-state index is 12.0. The molecular formula is C21H25N5O2. The molecule has 146 valence electrons. The van der Waals surface area contributed by atoms with Gasteiger partial charge in [0.05, 0.1) is 0 Å². The second kappa shape index (κ2) is 7.66. The molecule has 1 aliphatic carbocycles. The Bertz CT molecular complexity index is 875. The first-order valence-electron chi connectivity index (χ1n) is 9.90. The number of rotatable bonds is 4. The molecule has 0 aromatic carbocycles. The molecule has 1 saturated carbocycles. The maximum atomic E-state index is 12.0. The van der Waals surface area contributed by atoms with Crippen molar-refractivity contribution in [2.75, 3.05) is 5.32 Å². The first-order valence-corrected chi connectivity index (χ1v) is 9.90. The largest absolute Gasteiger partial charge is 0.367 e. The van der Waals surface area contributed by atoms with Crippen LogP contribution in [0.25, 0.3) is 11.4 Å². The van der Waals surface area contributed by atoms with Crippen molar-refractivity contribution >= 4 is 17.6 Å². The monoisotopic (exact) mass is 379 g/mol. The highest BCUT2D eigenvalue weighted by Crippen LogP contribution is 2.30. The highest BCUT2D eigenvalue weighted by atomic mass is 16.2. The molecular weight excluding hydrogens is 354 g/mol. The van der Waals surface area contributed by atoms with E-state index in [1.165, 1.54) is 4.90 Å². The molecule has 2 amide bonds. The average Bonchev–Trinajstić information content (AvgIpc) is 3.05. The number of nitrogens with zero attached hydrogens (tertiary/aromatic N) is 4. The van der Waals surface area contributed by atoms with Crippen molar-refractivity contribution in [3.8, 4) is 11.4 Å². The van der Waals surface area contributed by atoms with E-state index in [0.29, 0.717) is 18.7 Å². The zero-order chi connectivity index (χ0) is 19.7. The Morgan fingerprint density at radius 2 is 1.61 bits per heavy atom. The molecule has 2 fully saturated rings. The molecule has 0 atom stereocenters. The molecule has 0 bridgehead atoms. The second-order valence-electron chi connectivity index (χ2n) is 7.65. The molecule has 7 heteroatoms. The molecule has 2 aromatic heterocycles. The van der Waals surface area contributed by atoms with Gasteiger partial charge in [-0.05, 0) is 51.7 Å². The number of carbonyl (C=O) groups excluding carboxylic acids is 2. The van der Waals surface area contributed by atoms with E-state index >= 15 is 0 Å². The predicted molar refractivity (Wildman–Crippen MR) is 105 cm³/mol. The number of pyridine rings is 1. The number of amides is 2. The Balaban J connectivity index is 1.46. The third-order valence-corrected chi connectivity index (χ3v) is 5.82. The van der Waals surface area contributed by atoms with E-state index in [1.807, 2.05) is 26.0 Å². The van der Waals surface area contributed by atoms with Crippen LogP contribution in [-0.4, -0.2) is 43.7 Å². The van der Waals surface area contributed by atoms with Crippen LogP contribution < -0.4 is 5.32 Å². The normalized spacial score (nSPS) is 22.6. The highest BCUT2D eigenvalue weighted by Gasteiger charge is 2.36. The molecule has 1 aliphatic heterocycles. The molecule has 28 heavy (non-hydrogen) atoms. The van der Waals surface area contributed by atoms with E-state index in [0.717, 1.165) is 48.3 Å². The van der Waals surface area contributed by atoms with Crippen LogP contribution in [0.4, 0.5) is 5.82 Å². The molecule has 2 aromatic rings. The van der Waals surface area contributed by atoms with Crippen LogP contribution in [0.1, 0.15) is 49.8 Å². The van der Waals surface area contributed by atoms with Crippen LogP contribution in [0.3, 0.4) is 0 Å². The van der Waals surface area contributed by atoms with Gasteiger partial charge in [0.15, 0.2) is 5.82 Å². The lowest BCUT2D eigenvalue weighted by molar-refractivity contribution is -0.141. The highest BCUT2D eigenvalue weighted by molar-refractivity contribution is 6.02. The van der Waals surface area contributed by atoms with Gasteiger partial charge in [0.25, 0.3) is 0 Å². The quantitative estimate of drug-likeness (QED) is 0.822. The minimum absolute atomic E-state index is 0.00864. The summed E-state index contributed by atoms with van der Waals surface area (Å²) < 4.78 is 0. The van der Waals surface area contributed by atoms with Crippen LogP contribution in [0.5, 0.6) is 0 Å². The van der Waals surface area contributed by atoms with E-state index in [4.69, 9.17) is 4.98 Å². The number of imide groups is 1. The number of anilines is 1. The number of likely N-dealkylation sites (tertiary alicyclic amines) is 1. The Labute approximate surface area is 164 Å². The summed E-state index contributed by atoms with van der Waals surface area (Å²) in [5.74, 6) is 1.53. The summed E-state index contributed by atoms with van der Waals surface area (Å²) in [5, 5.41) is 3.58. The van der Waals surface area contributed by atoms with Crippen molar-refractivity contribution in [1.82, 2.24) is 19.9 Å². The van der Waals surface area contributed by atoms with Crippen molar-refractivity contribution in [1.29, 1.82) is 0 Å². The molecule has 4 rings (SSSR count). The summed E-state index contributed by atoms with van der Waals surface area (Å²) in [7, 11) is 0.